The fourth-order valence-corrected chi connectivity index (χ4v) is 6.37. The van der Waals surface area contributed by atoms with Gasteiger partial charge in [-0.3, -0.25) is 14.6 Å². The predicted molar refractivity (Wildman–Crippen MR) is 166 cm³/mol. The number of phenols is 1. The van der Waals surface area contributed by atoms with Gasteiger partial charge >= 0.3 is 6.03 Å². The van der Waals surface area contributed by atoms with Gasteiger partial charge in [0.2, 0.25) is 11.8 Å². The van der Waals surface area contributed by atoms with Crippen LogP contribution in [-0.4, -0.2) is 80.1 Å². The number of aromatic nitrogens is 1. The van der Waals surface area contributed by atoms with Gasteiger partial charge in [-0.05, 0) is 48.7 Å². The quantitative estimate of drug-likeness (QED) is 0.351. The molecule has 1 unspecified atom stereocenters. The van der Waals surface area contributed by atoms with Gasteiger partial charge in [-0.25, -0.2) is 14.8 Å². The summed E-state index contributed by atoms with van der Waals surface area (Å²) in [5.74, 6) is -0.307. The third kappa shape index (κ3) is 5.44. The number of hydrazine groups is 1. The Morgan fingerprint density at radius 1 is 1.00 bits per heavy atom. The van der Waals surface area contributed by atoms with Crippen molar-refractivity contribution in [3.05, 3.63) is 107 Å². The number of carbonyl (C=O) groups is 3. The molecule has 3 heterocycles. The van der Waals surface area contributed by atoms with Gasteiger partial charge < -0.3 is 20.2 Å². The summed E-state index contributed by atoms with van der Waals surface area (Å²) in [6.07, 6.45) is 1.25. The number of nitrogens with one attached hydrogen (secondary N) is 1. The molecule has 2 N–H and O–H groups in total. The molecule has 0 radical (unpaired) electrons. The fraction of sp³-hybridized carbons (Fsp3) is 0.294. The second-order valence-electron chi connectivity index (χ2n) is 11.5. The minimum Gasteiger partial charge on any atom is -0.508 e. The van der Waals surface area contributed by atoms with Crippen LogP contribution in [0.4, 0.5) is 4.79 Å². The van der Waals surface area contributed by atoms with Crippen molar-refractivity contribution in [3.63, 3.8) is 0 Å². The van der Waals surface area contributed by atoms with Crippen LogP contribution in [0, 0.1) is 6.92 Å². The Morgan fingerprint density at radius 2 is 1.75 bits per heavy atom. The molecule has 0 aliphatic carbocycles. The van der Waals surface area contributed by atoms with E-state index in [1.54, 1.807) is 57.3 Å². The largest absolute Gasteiger partial charge is 0.508 e. The molecule has 2 fully saturated rings. The first-order chi connectivity index (χ1) is 21.2. The lowest BCUT2D eigenvalue weighted by molar-refractivity contribution is -0.189. The molecule has 2 saturated heterocycles. The Morgan fingerprint density at radius 3 is 2.50 bits per heavy atom. The number of amides is 4. The van der Waals surface area contributed by atoms with Crippen LogP contribution in [0.3, 0.4) is 0 Å². The third-order valence-electron chi connectivity index (χ3n) is 8.68. The van der Waals surface area contributed by atoms with E-state index < -0.39 is 12.2 Å². The van der Waals surface area contributed by atoms with Crippen LogP contribution in [0.15, 0.2) is 85.1 Å². The maximum absolute atomic E-state index is 14.4. The molecular weight excluding hydrogens is 556 g/mol. The average molecular weight is 593 g/mol. The van der Waals surface area contributed by atoms with Crippen LogP contribution < -0.4 is 5.32 Å². The molecule has 44 heavy (non-hydrogen) atoms. The summed E-state index contributed by atoms with van der Waals surface area (Å²) in [4.78, 5) is 49.9. The molecule has 0 spiro atoms. The monoisotopic (exact) mass is 592 g/mol. The minimum atomic E-state index is -0.851. The zero-order valence-corrected chi connectivity index (χ0v) is 25.1. The number of nitrogens with zero attached hydrogens (tertiary/aromatic N) is 5. The number of pyridine rings is 1. The van der Waals surface area contributed by atoms with Crippen molar-refractivity contribution < 1.29 is 19.5 Å². The van der Waals surface area contributed by atoms with Crippen LogP contribution in [-0.2, 0) is 22.6 Å². The van der Waals surface area contributed by atoms with Gasteiger partial charge in [0.1, 0.15) is 18.0 Å². The highest BCUT2D eigenvalue weighted by Crippen LogP contribution is 2.35. The zero-order valence-electron chi connectivity index (χ0n) is 25.1. The first-order valence-corrected chi connectivity index (χ1v) is 14.8. The molecule has 10 nitrogen and oxygen atoms in total. The van der Waals surface area contributed by atoms with Crippen molar-refractivity contribution >= 4 is 28.7 Å². The van der Waals surface area contributed by atoms with Gasteiger partial charge in [0.25, 0.3) is 0 Å². The predicted octanol–water partition coefficient (Wildman–Crippen LogP) is 3.99. The van der Waals surface area contributed by atoms with E-state index in [4.69, 9.17) is 0 Å². The van der Waals surface area contributed by atoms with Gasteiger partial charge in [-0.1, -0.05) is 60.7 Å². The molecule has 226 valence electrons. The lowest BCUT2D eigenvalue weighted by atomic mass is 9.94. The van der Waals surface area contributed by atoms with Gasteiger partial charge in [-0.2, -0.15) is 0 Å². The number of rotatable bonds is 6. The van der Waals surface area contributed by atoms with Crippen molar-refractivity contribution in [3.8, 4) is 5.75 Å². The second kappa shape index (κ2) is 12.0. The number of benzene rings is 3. The third-order valence-corrected chi connectivity index (χ3v) is 8.68. The molecular formula is C34H36N6O4. The summed E-state index contributed by atoms with van der Waals surface area (Å²) in [5, 5.41) is 17.0. The van der Waals surface area contributed by atoms with Crippen LogP contribution in [0.2, 0.25) is 0 Å². The molecule has 4 aromatic rings. The highest BCUT2D eigenvalue weighted by Gasteiger charge is 2.51. The van der Waals surface area contributed by atoms with Crippen LogP contribution in [0.25, 0.3) is 10.9 Å². The summed E-state index contributed by atoms with van der Waals surface area (Å²) in [6.45, 7) is 4.41. The van der Waals surface area contributed by atoms with Crippen LogP contribution in [0.5, 0.6) is 5.75 Å². The molecule has 6 rings (SSSR count). The molecule has 4 amide bonds. The van der Waals surface area contributed by atoms with E-state index >= 15 is 0 Å². The number of aryl methyl sites for hydroxylation is 1. The summed E-state index contributed by atoms with van der Waals surface area (Å²) in [6, 6.07) is 22.6. The topological polar surface area (TPSA) is 109 Å². The summed E-state index contributed by atoms with van der Waals surface area (Å²) in [7, 11) is 1.72. The van der Waals surface area contributed by atoms with Crippen LogP contribution >= 0.6 is 0 Å². The van der Waals surface area contributed by atoms with Crippen molar-refractivity contribution in [1.29, 1.82) is 0 Å². The van der Waals surface area contributed by atoms with Gasteiger partial charge in [-0.15, -0.1) is 0 Å². The second-order valence-corrected chi connectivity index (χ2v) is 11.5. The standard InChI is InChI=1S/C34H36N6O4/c1-22-11-16-28(32-27(22)10-7-17-35-32)23(2)38-20-30-39(29(33(38)43)18-24-12-14-26(41)15-13-24)31(42)21-37(3)40(30)34(44)36-19-25-8-5-4-6-9-25/h4-17,23,29-30,41H,18-21H2,1-3H3,(H,36,44)/t23-,29-,30?/m0/s1. The van der Waals surface area contributed by atoms with E-state index in [1.807, 2.05) is 68.4 Å². The van der Waals surface area contributed by atoms with Gasteiger partial charge in [0.05, 0.1) is 24.6 Å². The van der Waals surface area contributed by atoms with Crippen molar-refractivity contribution in [2.75, 3.05) is 20.1 Å². The van der Waals surface area contributed by atoms with E-state index in [0.717, 1.165) is 33.2 Å². The molecule has 0 bridgehead atoms. The van der Waals surface area contributed by atoms with E-state index in [1.165, 1.54) is 0 Å². The Kier molecular flexibility index (Phi) is 7.92. The first-order valence-electron chi connectivity index (χ1n) is 14.8. The van der Waals surface area contributed by atoms with Crippen molar-refractivity contribution in [2.45, 2.75) is 45.1 Å². The molecule has 1 aromatic heterocycles. The van der Waals surface area contributed by atoms with E-state index in [9.17, 15) is 19.5 Å². The van der Waals surface area contributed by atoms with Gasteiger partial charge in [0.15, 0.2) is 0 Å². The number of phenolic OH excluding ortho intramolecular Hbond substituents is 1. The van der Waals surface area contributed by atoms with Crippen LogP contribution in [0.1, 0.15) is 35.2 Å². The maximum Gasteiger partial charge on any atom is 0.334 e. The number of likely N-dealkylation sites (N-methyl/N-ethyl adjacent to an activating group) is 1. The number of carbonyl (C=O) groups excluding carboxylic acids is 3. The number of hydrogen-bond donors (Lipinski definition) is 2. The smallest absolute Gasteiger partial charge is 0.334 e. The summed E-state index contributed by atoms with van der Waals surface area (Å²) in [5.41, 5.74) is 4.55. The Hall–Kier alpha value is -4.96. The number of urea groups is 1. The Bertz CT molecular complexity index is 1700. The molecule has 2 aliphatic heterocycles. The fourth-order valence-electron chi connectivity index (χ4n) is 6.37. The SMILES string of the molecule is Cc1ccc([C@H](C)N2CC3N(C(=O)CN(C)N3C(=O)NCc3ccccc3)[C@@H](Cc3ccc(O)cc3)C2=O)c2ncccc12. The number of aromatic hydroxyl groups is 1. The Balaban J connectivity index is 1.38. The lowest BCUT2D eigenvalue weighted by Gasteiger charge is -2.55. The number of piperazine rings is 1. The maximum atomic E-state index is 14.4. The summed E-state index contributed by atoms with van der Waals surface area (Å²) < 4.78 is 0. The number of fused-ring (bicyclic) bond motifs is 2. The molecule has 2 aliphatic rings. The highest BCUT2D eigenvalue weighted by atomic mass is 16.3. The van der Waals surface area contributed by atoms with E-state index in [2.05, 4.69) is 10.3 Å². The Labute approximate surface area is 256 Å². The average Bonchev–Trinajstić information content (AvgIpc) is 3.02. The molecule has 10 heteroatoms. The highest BCUT2D eigenvalue weighted by molar-refractivity contribution is 5.92. The normalized spacial score (nSPS) is 19.7. The summed E-state index contributed by atoms with van der Waals surface area (Å²) >= 11 is 0. The van der Waals surface area contributed by atoms with Gasteiger partial charge in [0, 0.05) is 37.2 Å². The lowest BCUT2D eigenvalue weighted by Crippen LogP contribution is -2.76. The first kappa shape index (κ1) is 29.1. The van der Waals surface area contributed by atoms with Crippen molar-refractivity contribution in [2.24, 2.45) is 0 Å². The minimum absolute atomic E-state index is 0.0450. The molecule has 0 saturated carbocycles. The van der Waals surface area contributed by atoms with Crippen molar-refractivity contribution in [1.82, 2.24) is 30.1 Å². The van der Waals surface area contributed by atoms with E-state index in [-0.39, 0.29) is 49.1 Å². The molecule has 3 atom stereocenters. The molecule has 3 aromatic carbocycles. The number of hydrogen-bond acceptors (Lipinski definition) is 6. The van der Waals surface area contributed by atoms with E-state index in [0.29, 0.717) is 6.54 Å². The zero-order chi connectivity index (χ0) is 31.0.